The maximum absolute atomic E-state index is 13.2. The normalized spacial score (nSPS) is 10.4. The highest BCUT2D eigenvalue weighted by molar-refractivity contribution is 6.33. The first kappa shape index (κ1) is 12.4. The van der Waals surface area contributed by atoms with Crippen LogP contribution < -0.4 is 5.32 Å². The van der Waals surface area contributed by atoms with E-state index in [1.807, 2.05) is 0 Å². The van der Waals surface area contributed by atoms with E-state index in [0.29, 0.717) is 11.5 Å². The van der Waals surface area contributed by atoms with E-state index >= 15 is 0 Å². The minimum absolute atomic E-state index is 0.0439. The summed E-state index contributed by atoms with van der Waals surface area (Å²) in [5.74, 6) is -0.235. The number of aromatic nitrogens is 2. The Morgan fingerprint density at radius 2 is 1.88 bits per heavy atom. The smallest absolute Gasteiger partial charge is 0.224 e. The van der Waals surface area contributed by atoms with E-state index in [2.05, 4.69) is 15.3 Å². The molecule has 0 atom stereocenters. The van der Waals surface area contributed by atoms with Gasteiger partial charge in [0.1, 0.15) is 10.8 Å². The molecule has 88 valence electrons. The number of nitrogens with zero attached hydrogens (tertiary/aromatic N) is 2. The van der Waals surface area contributed by atoms with Gasteiger partial charge in [-0.3, -0.25) is 0 Å². The minimum atomic E-state index is -0.534. The Morgan fingerprint density at radius 1 is 1.12 bits per heavy atom. The van der Waals surface area contributed by atoms with Crippen LogP contribution in [0.3, 0.4) is 0 Å². The minimum Gasteiger partial charge on any atom is -0.339 e. The first-order valence-corrected chi connectivity index (χ1v) is 5.60. The standard InChI is InChI=1S/C10H5Cl3FN3/c11-6-2-1-5(3-8(6)14)16-9-7(12)4-15-10(13)17-9/h1-4H,(H,15,16,17). The number of anilines is 2. The summed E-state index contributed by atoms with van der Waals surface area (Å²) in [6, 6.07) is 4.25. The predicted molar refractivity (Wildman–Crippen MR) is 66.7 cm³/mol. The number of benzene rings is 1. The van der Waals surface area contributed by atoms with Crippen LogP contribution in [-0.4, -0.2) is 9.97 Å². The molecule has 1 heterocycles. The van der Waals surface area contributed by atoms with Crippen molar-refractivity contribution in [3.63, 3.8) is 0 Å². The molecule has 0 aliphatic carbocycles. The van der Waals surface area contributed by atoms with Gasteiger partial charge in [0.2, 0.25) is 5.28 Å². The highest BCUT2D eigenvalue weighted by Crippen LogP contribution is 2.25. The zero-order valence-electron chi connectivity index (χ0n) is 8.22. The van der Waals surface area contributed by atoms with Gasteiger partial charge < -0.3 is 5.32 Å². The van der Waals surface area contributed by atoms with Gasteiger partial charge >= 0.3 is 0 Å². The molecule has 0 bridgehead atoms. The van der Waals surface area contributed by atoms with Gasteiger partial charge in [0.05, 0.1) is 11.2 Å². The van der Waals surface area contributed by atoms with Crippen LogP contribution in [0.5, 0.6) is 0 Å². The lowest BCUT2D eigenvalue weighted by Crippen LogP contribution is -1.96. The highest BCUT2D eigenvalue weighted by Gasteiger charge is 2.06. The van der Waals surface area contributed by atoms with Gasteiger partial charge in [-0.25, -0.2) is 9.37 Å². The number of hydrogen-bond acceptors (Lipinski definition) is 3. The molecule has 0 saturated carbocycles. The van der Waals surface area contributed by atoms with Crippen molar-refractivity contribution in [3.8, 4) is 0 Å². The highest BCUT2D eigenvalue weighted by atomic mass is 35.5. The first-order valence-electron chi connectivity index (χ1n) is 4.46. The van der Waals surface area contributed by atoms with E-state index in [9.17, 15) is 4.39 Å². The third-order valence-corrected chi connectivity index (χ3v) is 2.66. The second kappa shape index (κ2) is 5.04. The van der Waals surface area contributed by atoms with E-state index in [0.717, 1.165) is 0 Å². The van der Waals surface area contributed by atoms with E-state index in [4.69, 9.17) is 34.8 Å². The second-order valence-corrected chi connectivity index (χ2v) is 4.24. The largest absolute Gasteiger partial charge is 0.339 e. The Morgan fingerprint density at radius 3 is 2.59 bits per heavy atom. The van der Waals surface area contributed by atoms with Crippen LogP contribution >= 0.6 is 34.8 Å². The van der Waals surface area contributed by atoms with Gasteiger partial charge in [-0.05, 0) is 29.8 Å². The van der Waals surface area contributed by atoms with Gasteiger partial charge in [0.15, 0.2) is 5.82 Å². The molecule has 1 aromatic heterocycles. The molecule has 0 fully saturated rings. The summed E-state index contributed by atoms with van der Waals surface area (Å²) < 4.78 is 13.2. The molecule has 0 spiro atoms. The molecule has 0 aliphatic rings. The summed E-state index contributed by atoms with van der Waals surface area (Å²) in [6.07, 6.45) is 1.35. The lowest BCUT2D eigenvalue weighted by Gasteiger charge is -2.07. The fourth-order valence-electron chi connectivity index (χ4n) is 1.14. The summed E-state index contributed by atoms with van der Waals surface area (Å²) in [6.45, 7) is 0. The molecule has 1 N–H and O–H groups in total. The van der Waals surface area contributed by atoms with Crippen LogP contribution in [0.15, 0.2) is 24.4 Å². The van der Waals surface area contributed by atoms with Crippen LogP contribution in [0.4, 0.5) is 15.9 Å². The van der Waals surface area contributed by atoms with Crippen molar-refractivity contribution in [1.82, 2.24) is 9.97 Å². The van der Waals surface area contributed by atoms with Crippen molar-refractivity contribution in [2.24, 2.45) is 0 Å². The van der Waals surface area contributed by atoms with Crippen LogP contribution in [0.25, 0.3) is 0 Å². The summed E-state index contributed by atoms with van der Waals surface area (Å²) in [7, 11) is 0. The van der Waals surface area contributed by atoms with E-state index in [-0.39, 0.29) is 15.3 Å². The molecule has 2 rings (SSSR count). The van der Waals surface area contributed by atoms with Gasteiger partial charge in [-0.15, -0.1) is 0 Å². The van der Waals surface area contributed by atoms with Crippen LogP contribution in [-0.2, 0) is 0 Å². The Bertz CT molecular complexity index is 562. The van der Waals surface area contributed by atoms with Gasteiger partial charge in [-0.1, -0.05) is 23.2 Å². The van der Waals surface area contributed by atoms with E-state index in [1.54, 1.807) is 6.07 Å². The molecule has 7 heteroatoms. The monoisotopic (exact) mass is 291 g/mol. The molecule has 1 aromatic carbocycles. The van der Waals surface area contributed by atoms with Gasteiger partial charge in [0, 0.05) is 5.69 Å². The Labute approximate surface area is 112 Å². The topological polar surface area (TPSA) is 37.8 Å². The van der Waals surface area contributed by atoms with Crippen molar-refractivity contribution in [2.75, 3.05) is 5.32 Å². The first-order chi connectivity index (χ1) is 8.06. The second-order valence-electron chi connectivity index (χ2n) is 3.09. The molecular weight excluding hydrogens is 287 g/mol. The number of halogens is 4. The summed E-state index contributed by atoms with van der Waals surface area (Å²) >= 11 is 17.0. The number of hydrogen-bond donors (Lipinski definition) is 1. The van der Waals surface area contributed by atoms with Crippen molar-refractivity contribution >= 4 is 46.3 Å². The maximum atomic E-state index is 13.2. The third kappa shape index (κ3) is 2.97. The molecule has 2 aromatic rings. The average molecular weight is 293 g/mol. The molecule has 3 nitrogen and oxygen atoms in total. The van der Waals surface area contributed by atoms with Gasteiger partial charge in [-0.2, -0.15) is 4.98 Å². The fraction of sp³-hybridized carbons (Fsp3) is 0. The van der Waals surface area contributed by atoms with Crippen LogP contribution in [0.2, 0.25) is 15.3 Å². The quantitative estimate of drug-likeness (QED) is 0.838. The summed E-state index contributed by atoms with van der Waals surface area (Å²) in [5, 5.41) is 3.19. The van der Waals surface area contributed by atoms with Crippen molar-refractivity contribution < 1.29 is 4.39 Å². The third-order valence-electron chi connectivity index (χ3n) is 1.90. The van der Waals surface area contributed by atoms with Gasteiger partial charge in [0.25, 0.3) is 0 Å². The molecular formula is C10H5Cl3FN3. The van der Waals surface area contributed by atoms with Crippen molar-refractivity contribution in [1.29, 1.82) is 0 Å². The summed E-state index contributed by atoms with van der Waals surface area (Å²) in [4.78, 5) is 7.58. The zero-order chi connectivity index (χ0) is 12.4. The Hall–Kier alpha value is -1.10. The van der Waals surface area contributed by atoms with Crippen LogP contribution in [0, 0.1) is 5.82 Å². The number of nitrogens with one attached hydrogen (secondary N) is 1. The molecule has 0 aliphatic heterocycles. The van der Waals surface area contributed by atoms with Crippen molar-refractivity contribution in [3.05, 3.63) is 45.5 Å². The predicted octanol–water partition coefficient (Wildman–Crippen LogP) is 4.32. The average Bonchev–Trinajstić information content (AvgIpc) is 2.29. The maximum Gasteiger partial charge on any atom is 0.224 e. The molecule has 0 saturated heterocycles. The Kier molecular flexibility index (Phi) is 3.66. The van der Waals surface area contributed by atoms with E-state index in [1.165, 1.54) is 18.3 Å². The molecule has 0 amide bonds. The SMILES string of the molecule is Fc1cc(Nc2nc(Cl)ncc2Cl)ccc1Cl. The van der Waals surface area contributed by atoms with E-state index < -0.39 is 5.82 Å². The lowest BCUT2D eigenvalue weighted by atomic mass is 10.3. The molecule has 0 radical (unpaired) electrons. The fourth-order valence-corrected chi connectivity index (χ4v) is 1.53. The van der Waals surface area contributed by atoms with Crippen LogP contribution in [0.1, 0.15) is 0 Å². The number of rotatable bonds is 2. The molecule has 17 heavy (non-hydrogen) atoms. The summed E-state index contributed by atoms with van der Waals surface area (Å²) in [5.41, 5.74) is 0.462. The molecule has 0 unspecified atom stereocenters. The zero-order valence-corrected chi connectivity index (χ0v) is 10.5. The lowest BCUT2D eigenvalue weighted by molar-refractivity contribution is 0.629. The van der Waals surface area contributed by atoms with Crippen molar-refractivity contribution in [2.45, 2.75) is 0 Å². The Balaban J connectivity index is 2.31.